The number of hydrogen-bond acceptors (Lipinski definition) is 4. The molecule has 1 saturated heterocycles. The van der Waals surface area contributed by atoms with Crippen molar-refractivity contribution in [3.63, 3.8) is 0 Å². The number of aliphatic hydroxyl groups excluding tert-OH is 1. The number of carbonyl (C=O) groups excluding carboxylic acids is 1. The number of β-amino-alcohol motifs (C(OH)–C–C–N with tert-alkyl or cyclic N) is 1. The van der Waals surface area contributed by atoms with Gasteiger partial charge in [-0.2, -0.15) is 10.2 Å². The highest BCUT2D eigenvalue weighted by molar-refractivity contribution is 5.84. The quantitative estimate of drug-likeness (QED) is 0.795. The van der Waals surface area contributed by atoms with E-state index in [0.29, 0.717) is 19.5 Å². The van der Waals surface area contributed by atoms with Gasteiger partial charge in [0.2, 0.25) is 5.91 Å². The smallest absolute Gasteiger partial charge is 0.229 e. The van der Waals surface area contributed by atoms with Crippen LogP contribution in [0.1, 0.15) is 52.0 Å². The van der Waals surface area contributed by atoms with Gasteiger partial charge in [-0.25, -0.2) is 8.78 Å². The van der Waals surface area contributed by atoms with Crippen molar-refractivity contribution in [1.29, 1.82) is 0 Å². The molecule has 1 aromatic heterocycles. The summed E-state index contributed by atoms with van der Waals surface area (Å²) in [6.07, 6.45) is 2.59. The summed E-state index contributed by atoms with van der Waals surface area (Å²) >= 11 is 0. The summed E-state index contributed by atoms with van der Waals surface area (Å²) in [7, 11) is 0. The van der Waals surface area contributed by atoms with Crippen molar-refractivity contribution in [2.75, 3.05) is 13.1 Å². The Morgan fingerprint density at radius 3 is 2.48 bits per heavy atom. The summed E-state index contributed by atoms with van der Waals surface area (Å²) in [6.45, 7) is 9.02. The van der Waals surface area contributed by atoms with Gasteiger partial charge in [0.1, 0.15) is 11.6 Å². The van der Waals surface area contributed by atoms with Gasteiger partial charge in [0, 0.05) is 19.0 Å². The van der Waals surface area contributed by atoms with Crippen molar-refractivity contribution in [3.05, 3.63) is 47.7 Å². The third-order valence-corrected chi connectivity index (χ3v) is 7.86. The van der Waals surface area contributed by atoms with Gasteiger partial charge in [-0.15, -0.1) is 0 Å². The van der Waals surface area contributed by atoms with Crippen LogP contribution in [0.3, 0.4) is 0 Å². The summed E-state index contributed by atoms with van der Waals surface area (Å²) in [6, 6.07) is 5.42. The Kier molecular flexibility index (Phi) is 5.36. The summed E-state index contributed by atoms with van der Waals surface area (Å²) in [5, 5.41) is 18.1. The SMILES string of the molecule is C[C@H]1CN(C(=O)[C@@]2(C)CC[C@H](c3cnnc(-c4c(F)cccc4F)c3)C2(C)C)C[C@@H]1O. The van der Waals surface area contributed by atoms with Crippen LogP contribution in [0.2, 0.25) is 0 Å². The molecule has 4 rings (SSSR count). The van der Waals surface area contributed by atoms with Crippen molar-refractivity contribution in [3.8, 4) is 11.3 Å². The second kappa shape index (κ2) is 7.62. The maximum atomic E-state index is 14.3. The standard InChI is InChI=1S/C24H29F2N3O2/c1-14-12-29(13-20(14)30)22(31)24(4)9-8-16(23(24,2)3)15-10-19(28-27-11-15)21-17(25)6-5-7-18(21)26/h5-7,10-11,14,16,20,30H,8-9,12-13H2,1-4H3/t14-,16+,20-,24+/m0/s1. The molecule has 1 amide bonds. The van der Waals surface area contributed by atoms with Gasteiger partial charge in [-0.05, 0) is 47.9 Å². The Balaban J connectivity index is 1.66. The Bertz CT molecular complexity index is 982. The first kappa shape index (κ1) is 21.8. The van der Waals surface area contributed by atoms with Gasteiger partial charge in [0.05, 0.1) is 29.0 Å². The molecule has 1 aliphatic heterocycles. The van der Waals surface area contributed by atoms with Crippen molar-refractivity contribution >= 4 is 5.91 Å². The number of likely N-dealkylation sites (tertiary alicyclic amines) is 1. The van der Waals surface area contributed by atoms with Crippen LogP contribution in [0.4, 0.5) is 8.78 Å². The monoisotopic (exact) mass is 429 g/mol. The Hall–Kier alpha value is -2.41. The van der Waals surface area contributed by atoms with Crippen LogP contribution < -0.4 is 0 Å². The van der Waals surface area contributed by atoms with E-state index in [1.807, 2.05) is 13.8 Å². The average Bonchev–Trinajstić information content (AvgIpc) is 3.17. The van der Waals surface area contributed by atoms with E-state index in [4.69, 9.17) is 0 Å². The van der Waals surface area contributed by atoms with E-state index in [-0.39, 0.29) is 29.0 Å². The molecular weight excluding hydrogens is 400 g/mol. The van der Waals surface area contributed by atoms with Gasteiger partial charge in [-0.3, -0.25) is 4.79 Å². The molecule has 0 bridgehead atoms. The van der Waals surface area contributed by atoms with E-state index in [0.717, 1.165) is 12.0 Å². The zero-order valence-corrected chi connectivity index (χ0v) is 18.4. The van der Waals surface area contributed by atoms with Gasteiger partial charge in [-0.1, -0.05) is 33.8 Å². The maximum absolute atomic E-state index is 14.3. The lowest BCUT2D eigenvalue weighted by molar-refractivity contribution is -0.146. The molecule has 0 radical (unpaired) electrons. The van der Waals surface area contributed by atoms with Gasteiger partial charge >= 0.3 is 0 Å². The lowest BCUT2D eigenvalue weighted by Crippen LogP contribution is -2.48. The van der Waals surface area contributed by atoms with Crippen molar-refractivity contribution < 1.29 is 18.7 Å². The number of rotatable bonds is 3. The number of halogens is 2. The van der Waals surface area contributed by atoms with Crippen molar-refractivity contribution in [1.82, 2.24) is 15.1 Å². The fourth-order valence-corrected chi connectivity index (χ4v) is 5.37. The van der Waals surface area contributed by atoms with Crippen LogP contribution in [0.5, 0.6) is 0 Å². The molecule has 166 valence electrons. The Labute approximate surface area is 181 Å². The molecule has 1 saturated carbocycles. The predicted octanol–water partition coefficient (Wildman–Crippen LogP) is 4.17. The number of aromatic nitrogens is 2. The van der Waals surface area contributed by atoms with E-state index in [1.54, 1.807) is 17.2 Å². The molecule has 4 atom stereocenters. The average molecular weight is 430 g/mol. The van der Waals surface area contributed by atoms with Crippen molar-refractivity contribution in [2.45, 2.75) is 52.6 Å². The molecular formula is C24H29F2N3O2. The van der Waals surface area contributed by atoms with Gasteiger partial charge < -0.3 is 10.0 Å². The highest BCUT2D eigenvalue weighted by Gasteiger charge is 2.58. The highest BCUT2D eigenvalue weighted by atomic mass is 19.1. The van der Waals surface area contributed by atoms with Gasteiger partial charge in [0.15, 0.2) is 0 Å². The molecule has 2 aromatic rings. The van der Waals surface area contributed by atoms with Crippen LogP contribution in [-0.2, 0) is 4.79 Å². The second-order valence-corrected chi connectivity index (χ2v) is 9.87. The zero-order chi connectivity index (χ0) is 22.6. The zero-order valence-electron chi connectivity index (χ0n) is 18.4. The Morgan fingerprint density at radius 2 is 1.87 bits per heavy atom. The normalized spacial score (nSPS) is 30.0. The molecule has 0 unspecified atom stereocenters. The predicted molar refractivity (Wildman–Crippen MR) is 113 cm³/mol. The minimum absolute atomic E-state index is 0.0181. The molecule has 5 nitrogen and oxygen atoms in total. The number of benzene rings is 1. The lowest BCUT2D eigenvalue weighted by Gasteiger charge is -2.42. The summed E-state index contributed by atoms with van der Waals surface area (Å²) in [4.78, 5) is 15.3. The topological polar surface area (TPSA) is 66.3 Å². The molecule has 2 aliphatic rings. The third kappa shape index (κ3) is 3.43. The molecule has 7 heteroatoms. The molecule has 2 heterocycles. The van der Waals surface area contributed by atoms with Crippen LogP contribution >= 0.6 is 0 Å². The molecule has 0 spiro atoms. The van der Waals surface area contributed by atoms with E-state index in [9.17, 15) is 18.7 Å². The number of carbonyl (C=O) groups is 1. The van der Waals surface area contributed by atoms with Gasteiger partial charge in [0.25, 0.3) is 0 Å². The van der Waals surface area contributed by atoms with E-state index < -0.39 is 28.6 Å². The van der Waals surface area contributed by atoms with Crippen LogP contribution in [0, 0.1) is 28.4 Å². The summed E-state index contributed by atoms with van der Waals surface area (Å²) < 4.78 is 28.6. The van der Waals surface area contributed by atoms with E-state index in [2.05, 4.69) is 24.0 Å². The number of amides is 1. The minimum Gasteiger partial charge on any atom is -0.391 e. The minimum atomic E-state index is -0.682. The summed E-state index contributed by atoms with van der Waals surface area (Å²) in [5.74, 6) is -1.26. The summed E-state index contributed by atoms with van der Waals surface area (Å²) in [5.41, 5.74) is -0.251. The fraction of sp³-hybridized carbons (Fsp3) is 0.542. The number of aliphatic hydroxyl groups is 1. The molecule has 1 aromatic carbocycles. The first-order valence-electron chi connectivity index (χ1n) is 10.8. The second-order valence-electron chi connectivity index (χ2n) is 9.87. The third-order valence-electron chi connectivity index (χ3n) is 7.86. The maximum Gasteiger partial charge on any atom is 0.229 e. The molecule has 1 aliphatic carbocycles. The molecule has 1 N–H and O–H groups in total. The molecule has 31 heavy (non-hydrogen) atoms. The lowest BCUT2D eigenvalue weighted by atomic mass is 9.63. The first-order chi connectivity index (χ1) is 14.6. The first-order valence-corrected chi connectivity index (χ1v) is 10.8. The van der Waals surface area contributed by atoms with Crippen LogP contribution in [0.15, 0.2) is 30.5 Å². The van der Waals surface area contributed by atoms with Crippen molar-refractivity contribution in [2.24, 2.45) is 16.7 Å². The van der Waals surface area contributed by atoms with E-state index in [1.165, 1.54) is 18.2 Å². The van der Waals surface area contributed by atoms with Crippen LogP contribution in [0.25, 0.3) is 11.3 Å². The van der Waals surface area contributed by atoms with Crippen LogP contribution in [-0.4, -0.2) is 45.3 Å². The fourth-order valence-electron chi connectivity index (χ4n) is 5.37. The molecule has 2 fully saturated rings. The highest BCUT2D eigenvalue weighted by Crippen LogP contribution is 2.60. The number of nitrogens with zero attached hydrogens (tertiary/aromatic N) is 3. The number of hydrogen-bond donors (Lipinski definition) is 1. The van der Waals surface area contributed by atoms with E-state index >= 15 is 0 Å². The largest absolute Gasteiger partial charge is 0.391 e. The Morgan fingerprint density at radius 1 is 1.19 bits per heavy atom.